The molecule has 1 amide bonds. The van der Waals surface area contributed by atoms with Gasteiger partial charge in [0.25, 0.3) is 0 Å². The molecular formula is C23H28F2N4O6. The van der Waals surface area contributed by atoms with E-state index in [1.165, 1.54) is 0 Å². The topological polar surface area (TPSA) is 146 Å². The van der Waals surface area contributed by atoms with Gasteiger partial charge in [0, 0.05) is 24.7 Å². The Morgan fingerprint density at radius 2 is 1.83 bits per heavy atom. The molecule has 1 aromatic heterocycles. The van der Waals surface area contributed by atoms with Crippen LogP contribution in [0.5, 0.6) is 0 Å². The van der Waals surface area contributed by atoms with Crippen molar-refractivity contribution in [1.82, 2.24) is 9.55 Å². The molecule has 0 aliphatic carbocycles. The number of rotatable bonds is 11. The second-order valence-electron chi connectivity index (χ2n) is 8.18. The third-order valence-corrected chi connectivity index (χ3v) is 5.53. The molecule has 190 valence electrons. The number of hydrogen-bond acceptors (Lipinski definition) is 8. The quantitative estimate of drug-likeness (QED) is 0.319. The Hall–Kier alpha value is -3.38. The van der Waals surface area contributed by atoms with E-state index in [4.69, 9.17) is 15.2 Å². The van der Waals surface area contributed by atoms with Gasteiger partial charge in [-0.25, -0.2) is 14.3 Å². The SMILES string of the molecule is Nc1ccnc(=O)n1[C@@H]1O[C@H](COC(=O)CCCCCCC(=O)Nc2ccccc2)[C@@H](O)C1(F)F. The lowest BCUT2D eigenvalue weighted by molar-refractivity contribution is -0.150. The van der Waals surface area contributed by atoms with Gasteiger partial charge in [0.15, 0.2) is 6.10 Å². The number of aliphatic hydroxyl groups is 1. The van der Waals surface area contributed by atoms with Crippen molar-refractivity contribution in [2.24, 2.45) is 0 Å². The Bertz CT molecular complexity index is 1070. The summed E-state index contributed by atoms with van der Waals surface area (Å²) >= 11 is 0. The van der Waals surface area contributed by atoms with Crippen LogP contribution in [-0.4, -0.2) is 51.3 Å². The van der Waals surface area contributed by atoms with Gasteiger partial charge in [-0.1, -0.05) is 31.0 Å². The molecule has 1 saturated heterocycles. The molecule has 0 unspecified atom stereocenters. The van der Waals surface area contributed by atoms with Crippen molar-refractivity contribution >= 4 is 23.4 Å². The highest BCUT2D eigenvalue weighted by Gasteiger charge is 2.60. The summed E-state index contributed by atoms with van der Waals surface area (Å²) in [6, 6.07) is 10.3. The number of para-hydroxylation sites is 1. The molecule has 1 aliphatic rings. The van der Waals surface area contributed by atoms with E-state index in [0.29, 0.717) is 30.3 Å². The maximum absolute atomic E-state index is 14.5. The predicted octanol–water partition coefficient (Wildman–Crippen LogP) is 2.24. The monoisotopic (exact) mass is 494 g/mol. The molecule has 0 spiro atoms. The van der Waals surface area contributed by atoms with Crippen LogP contribution in [0.15, 0.2) is 47.4 Å². The Morgan fingerprint density at radius 1 is 1.14 bits per heavy atom. The fraction of sp³-hybridized carbons (Fsp3) is 0.478. The van der Waals surface area contributed by atoms with E-state index in [1.54, 1.807) is 12.1 Å². The van der Waals surface area contributed by atoms with Gasteiger partial charge in [-0.3, -0.25) is 9.59 Å². The molecule has 0 radical (unpaired) electrons. The number of alkyl halides is 2. The van der Waals surface area contributed by atoms with Gasteiger partial charge in [0.1, 0.15) is 18.5 Å². The second kappa shape index (κ2) is 11.8. The first kappa shape index (κ1) is 26.2. The van der Waals surface area contributed by atoms with Crippen LogP contribution < -0.4 is 16.7 Å². The molecule has 1 aliphatic heterocycles. The maximum atomic E-state index is 14.5. The highest BCUT2D eigenvalue weighted by atomic mass is 19.3. The van der Waals surface area contributed by atoms with Crippen LogP contribution in [0, 0.1) is 0 Å². The van der Waals surface area contributed by atoms with Gasteiger partial charge >= 0.3 is 17.6 Å². The lowest BCUT2D eigenvalue weighted by atomic mass is 10.1. The van der Waals surface area contributed by atoms with Crippen molar-refractivity contribution < 1.29 is 33.0 Å². The number of aromatic nitrogens is 2. The first-order chi connectivity index (χ1) is 16.7. The zero-order valence-corrected chi connectivity index (χ0v) is 18.9. The van der Waals surface area contributed by atoms with Crippen LogP contribution in [0.3, 0.4) is 0 Å². The van der Waals surface area contributed by atoms with E-state index in [2.05, 4.69) is 10.3 Å². The highest BCUT2D eigenvalue weighted by Crippen LogP contribution is 2.43. The molecule has 2 aromatic rings. The van der Waals surface area contributed by atoms with Gasteiger partial charge in [-0.15, -0.1) is 0 Å². The summed E-state index contributed by atoms with van der Waals surface area (Å²) in [6.45, 7) is -0.610. The number of esters is 1. The van der Waals surface area contributed by atoms with E-state index in [1.807, 2.05) is 18.2 Å². The average Bonchev–Trinajstić information content (AvgIpc) is 3.04. The van der Waals surface area contributed by atoms with Crippen molar-refractivity contribution in [1.29, 1.82) is 0 Å². The second-order valence-corrected chi connectivity index (χ2v) is 8.18. The van der Waals surface area contributed by atoms with Crippen molar-refractivity contribution in [2.75, 3.05) is 17.7 Å². The zero-order valence-electron chi connectivity index (χ0n) is 18.9. The molecule has 10 nitrogen and oxygen atoms in total. The number of unbranched alkanes of at least 4 members (excludes halogenated alkanes) is 3. The number of anilines is 2. The Balaban J connectivity index is 1.35. The zero-order chi connectivity index (χ0) is 25.4. The van der Waals surface area contributed by atoms with Crippen LogP contribution in [0.4, 0.5) is 20.3 Å². The summed E-state index contributed by atoms with van der Waals surface area (Å²) in [5.41, 5.74) is 5.27. The molecule has 0 bridgehead atoms. The summed E-state index contributed by atoms with van der Waals surface area (Å²) in [4.78, 5) is 39.1. The first-order valence-electron chi connectivity index (χ1n) is 11.2. The number of nitrogens with one attached hydrogen (secondary N) is 1. The molecule has 3 atom stereocenters. The molecule has 1 aromatic carbocycles. The largest absolute Gasteiger partial charge is 0.463 e. The van der Waals surface area contributed by atoms with Gasteiger partial charge in [0.05, 0.1) is 0 Å². The minimum atomic E-state index is -3.86. The molecule has 12 heteroatoms. The number of benzene rings is 1. The minimum absolute atomic E-state index is 0.0495. The number of nitrogens with two attached hydrogens (primary N) is 1. The molecule has 2 heterocycles. The number of amides is 1. The van der Waals surface area contributed by atoms with Gasteiger partial charge in [-0.2, -0.15) is 8.78 Å². The molecule has 3 rings (SSSR count). The predicted molar refractivity (Wildman–Crippen MR) is 122 cm³/mol. The highest BCUT2D eigenvalue weighted by molar-refractivity contribution is 5.90. The van der Waals surface area contributed by atoms with Crippen LogP contribution in [0.25, 0.3) is 0 Å². The standard InChI is InChI=1S/C23H28F2N4O6/c24-23(25)20(32)16(35-21(23)29-17(26)12-13-27-22(29)33)14-34-19(31)11-7-2-1-6-10-18(30)28-15-8-4-3-5-9-15/h3-5,8-9,12-13,16,20-21,32H,1-2,6-7,10-11,14,26H2,(H,28,30)/t16-,20-,21-/m1/s1. The van der Waals surface area contributed by atoms with Gasteiger partial charge in [-0.05, 0) is 31.0 Å². The van der Waals surface area contributed by atoms with Crippen LogP contribution in [0.1, 0.15) is 44.8 Å². The lowest BCUT2D eigenvalue weighted by Crippen LogP contribution is -2.42. The van der Waals surface area contributed by atoms with Crippen LogP contribution in [0.2, 0.25) is 0 Å². The van der Waals surface area contributed by atoms with Crippen molar-refractivity contribution in [2.45, 2.75) is 62.9 Å². The number of nitrogen functional groups attached to an aromatic ring is 1. The van der Waals surface area contributed by atoms with E-state index in [9.17, 15) is 28.3 Å². The van der Waals surface area contributed by atoms with E-state index in [-0.39, 0.29) is 18.1 Å². The van der Waals surface area contributed by atoms with Crippen molar-refractivity contribution in [3.05, 3.63) is 53.1 Å². The third kappa shape index (κ3) is 6.83. The lowest BCUT2D eigenvalue weighted by Gasteiger charge is -2.22. The molecule has 35 heavy (non-hydrogen) atoms. The molecule has 4 N–H and O–H groups in total. The van der Waals surface area contributed by atoms with Crippen LogP contribution in [-0.2, 0) is 19.1 Å². The van der Waals surface area contributed by atoms with Gasteiger partial charge in [0.2, 0.25) is 12.1 Å². The molecular weight excluding hydrogens is 466 g/mol. The smallest absolute Gasteiger partial charge is 0.351 e. The van der Waals surface area contributed by atoms with Crippen molar-refractivity contribution in [3.63, 3.8) is 0 Å². The number of nitrogens with zero attached hydrogens (tertiary/aromatic N) is 2. The summed E-state index contributed by atoms with van der Waals surface area (Å²) in [5.74, 6) is -4.88. The Kier molecular flexibility index (Phi) is 8.88. The summed E-state index contributed by atoms with van der Waals surface area (Å²) in [5, 5.41) is 12.8. The third-order valence-electron chi connectivity index (χ3n) is 5.53. The number of carbonyl (C=O) groups excluding carboxylic acids is 2. The summed E-state index contributed by atoms with van der Waals surface area (Å²) in [6.07, 6.45) is -2.00. The summed E-state index contributed by atoms with van der Waals surface area (Å²) in [7, 11) is 0. The van der Waals surface area contributed by atoms with Gasteiger partial charge < -0.3 is 25.6 Å². The summed E-state index contributed by atoms with van der Waals surface area (Å²) < 4.78 is 39.6. The first-order valence-corrected chi connectivity index (χ1v) is 11.2. The van der Waals surface area contributed by atoms with E-state index < -0.39 is 42.6 Å². The Morgan fingerprint density at radius 3 is 2.51 bits per heavy atom. The average molecular weight is 494 g/mol. The fourth-order valence-corrected chi connectivity index (χ4v) is 3.65. The number of halogens is 2. The van der Waals surface area contributed by atoms with Crippen LogP contribution >= 0.6 is 0 Å². The number of carbonyl (C=O) groups is 2. The van der Waals surface area contributed by atoms with E-state index in [0.717, 1.165) is 24.4 Å². The Labute approximate surface area is 200 Å². The number of ether oxygens (including phenoxy) is 2. The maximum Gasteiger partial charge on any atom is 0.351 e. The fourth-order valence-electron chi connectivity index (χ4n) is 3.65. The van der Waals surface area contributed by atoms with E-state index >= 15 is 0 Å². The molecule has 1 fully saturated rings. The molecule has 0 saturated carbocycles. The normalized spacial score (nSPS) is 20.9. The number of hydrogen-bond donors (Lipinski definition) is 3. The van der Waals surface area contributed by atoms with Crippen molar-refractivity contribution in [3.8, 4) is 0 Å². The number of aliphatic hydroxyl groups excluding tert-OH is 1. The minimum Gasteiger partial charge on any atom is -0.463 e.